The fourth-order valence-electron chi connectivity index (χ4n) is 2.25. The fourth-order valence-corrected chi connectivity index (χ4v) is 2.25. The molecule has 4 heteroatoms. The van der Waals surface area contributed by atoms with E-state index >= 15 is 0 Å². The summed E-state index contributed by atoms with van der Waals surface area (Å²) in [5.74, 6) is 0.444. The van der Waals surface area contributed by atoms with E-state index < -0.39 is 0 Å². The van der Waals surface area contributed by atoms with Gasteiger partial charge < -0.3 is 9.15 Å². The first-order valence-electron chi connectivity index (χ1n) is 5.75. The standard InChI is InChI=1S/C14H12O4/c1-6(2)9-4-8-11(15)10-7(3)5-17-14(10)12(16)13(8)18-9/h5H,4H2,1-3H3. The molecule has 0 radical (unpaired) electrons. The van der Waals surface area contributed by atoms with Gasteiger partial charge in [-0.1, -0.05) is 0 Å². The Kier molecular flexibility index (Phi) is 2.11. The maximum atomic E-state index is 12.3. The lowest BCUT2D eigenvalue weighted by Crippen LogP contribution is -2.18. The second-order valence-corrected chi connectivity index (χ2v) is 4.79. The van der Waals surface area contributed by atoms with Crippen LogP contribution in [-0.4, -0.2) is 11.6 Å². The monoisotopic (exact) mass is 244 g/mol. The van der Waals surface area contributed by atoms with Crippen LogP contribution in [-0.2, 0) is 4.74 Å². The van der Waals surface area contributed by atoms with Crippen molar-refractivity contribution < 1.29 is 18.7 Å². The van der Waals surface area contributed by atoms with Gasteiger partial charge in [0.15, 0.2) is 17.3 Å². The maximum absolute atomic E-state index is 12.3. The molecule has 1 aromatic heterocycles. The van der Waals surface area contributed by atoms with Gasteiger partial charge >= 0.3 is 0 Å². The van der Waals surface area contributed by atoms with Crippen LogP contribution in [0.25, 0.3) is 0 Å². The van der Waals surface area contributed by atoms with E-state index in [-0.39, 0.29) is 23.1 Å². The van der Waals surface area contributed by atoms with Crippen molar-refractivity contribution in [3.8, 4) is 0 Å². The minimum atomic E-state index is -0.330. The van der Waals surface area contributed by atoms with Gasteiger partial charge in [0.25, 0.3) is 5.78 Å². The van der Waals surface area contributed by atoms with Crippen molar-refractivity contribution in [3.05, 3.63) is 45.8 Å². The highest BCUT2D eigenvalue weighted by Crippen LogP contribution is 2.39. The van der Waals surface area contributed by atoms with Crippen LogP contribution in [0.1, 0.15) is 46.7 Å². The average molecular weight is 244 g/mol. The van der Waals surface area contributed by atoms with Gasteiger partial charge in [-0.25, -0.2) is 0 Å². The third kappa shape index (κ3) is 1.26. The van der Waals surface area contributed by atoms with Crippen LogP contribution < -0.4 is 0 Å². The molecule has 0 bridgehead atoms. The second-order valence-electron chi connectivity index (χ2n) is 4.79. The molecule has 0 spiro atoms. The number of rotatable bonds is 0. The quantitative estimate of drug-likeness (QED) is 0.704. The van der Waals surface area contributed by atoms with E-state index in [1.54, 1.807) is 6.92 Å². The van der Waals surface area contributed by atoms with E-state index in [0.29, 0.717) is 28.9 Å². The highest BCUT2D eigenvalue weighted by atomic mass is 16.5. The summed E-state index contributed by atoms with van der Waals surface area (Å²) in [6, 6.07) is 0. The predicted molar refractivity (Wildman–Crippen MR) is 63.2 cm³/mol. The smallest absolute Gasteiger partial charge is 0.264 e. The number of allylic oxidation sites excluding steroid dienone is 3. The van der Waals surface area contributed by atoms with Crippen LogP contribution in [0.15, 0.2) is 33.3 Å². The number of ketones is 2. The topological polar surface area (TPSA) is 56.5 Å². The van der Waals surface area contributed by atoms with E-state index in [2.05, 4.69) is 0 Å². The molecule has 0 saturated carbocycles. The number of furan rings is 1. The molecular formula is C14H12O4. The maximum Gasteiger partial charge on any atom is 0.264 e. The molecule has 92 valence electrons. The number of aryl methyl sites for hydroxylation is 1. The summed E-state index contributed by atoms with van der Waals surface area (Å²) in [5, 5.41) is 0. The molecule has 18 heavy (non-hydrogen) atoms. The molecule has 0 unspecified atom stereocenters. The Morgan fingerprint density at radius 2 is 1.94 bits per heavy atom. The number of Topliss-reactive ketones (excluding diaryl/α,β-unsaturated/α-hetero) is 2. The number of hydrogen-bond acceptors (Lipinski definition) is 4. The largest absolute Gasteiger partial charge is 0.460 e. The Balaban J connectivity index is 2.15. The zero-order valence-corrected chi connectivity index (χ0v) is 10.4. The average Bonchev–Trinajstić information content (AvgIpc) is 2.90. The predicted octanol–water partition coefficient (Wildman–Crippen LogP) is 2.94. The van der Waals surface area contributed by atoms with E-state index in [4.69, 9.17) is 9.15 Å². The summed E-state index contributed by atoms with van der Waals surface area (Å²) in [6.07, 6.45) is 1.83. The Morgan fingerprint density at radius 3 is 2.61 bits per heavy atom. The van der Waals surface area contributed by atoms with Crippen molar-refractivity contribution >= 4 is 11.6 Å². The lowest BCUT2D eigenvalue weighted by molar-refractivity contribution is 0.0907. The number of fused-ring (bicyclic) bond motifs is 1. The molecule has 4 nitrogen and oxygen atoms in total. The van der Waals surface area contributed by atoms with Crippen LogP contribution in [0.5, 0.6) is 0 Å². The lowest BCUT2D eigenvalue weighted by Gasteiger charge is -2.10. The molecule has 1 aliphatic heterocycles. The molecule has 0 N–H and O–H groups in total. The molecule has 3 rings (SSSR count). The van der Waals surface area contributed by atoms with Gasteiger partial charge in [-0.2, -0.15) is 0 Å². The normalized spacial score (nSPS) is 17.8. The number of carbonyl (C=O) groups excluding carboxylic acids is 2. The van der Waals surface area contributed by atoms with Gasteiger partial charge in [-0.05, 0) is 31.9 Å². The summed E-state index contributed by atoms with van der Waals surface area (Å²) in [7, 11) is 0. The summed E-state index contributed by atoms with van der Waals surface area (Å²) in [4.78, 5) is 24.5. The van der Waals surface area contributed by atoms with Crippen LogP contribution in [0.2, 0.25) is 0 Å². The molecule has 0 saturated heterocycles. The fraction of sp³-hybridized carbons (Fsp3) is 0.286. The molecule has 0 amide bonds. The first-order chi connectivity index (χ1) is 8.50. The zero-order chi connectivity index (χ0) is 13.0. The first kappa shape index (κ1) is 11.0. The third-order valence-electron chi connectivity index (χ3n) is 3.28. The van der Waals surface area contributed by atoms with Gasteiger partial charge in [0.1, 0.15) is 5.76 Å². The van der Waals surface area contributed by atoms with Crippen molar-refractivity contribution in [1.29, 1.82) is 0 Å². The Labute approximate surface area is 104 Å². The van der Waals surface area contributed by atoms with Crippen LogP contribution in [0.3, 0.4) is 0 Å². The van der Waals surface area contributed by atoms with E-state index in [9.17, 15) is 9.59 Å². The Bertz CT molecular complexity index is 651. The van der Waals surface area contributed by atoms with Gasteiger partial charge in [-0.15, -0.1) is 0 Å². The Hall–Kier alpha value is -2.10. The molecule has 2 heterocycles. The van der Waals surface area contributed by atoms with Crippen molar-refractivity contribution in [2.45, 2.75) is 27.2 Å². The van der Waals surface area contributed by atoms with Gasteiger partial charge in [0.05, 0.1) is 17.4 Å². The summed E-state index contributed by atoms with van der Waals surface area (Å²) in [5.41, 5.74) is 2.50. The van der Waals surface area contributed by atoms with Crippen LogP contribution >= 0.6 is 0 Å². The van der Waals surface area contributed by atoms with Crippen LogP contribution in [0, 0.1) is 6.92 Å². The number of hydrogen-bond donors (Lipinski definition) is 0. The van der Waals surface area contributed by atoms with Crippen molar-refractivity contribution in [1.82, 2.24) is 0 Å². The van der Waals surface area contributed by atoms with Gasteiger partial charge in [-0.3, -0.25) is 9.59 Å². The van der Waals surface area contributed by atoms with Crippen molar-refractivity contribution in [2.24, 2.45) is 0 Å². The van der Waals surface area contributed by atoms with Gasteiger partial charge in [0, 0.05) is 6.42 Å². The highest BCUT2D eigenvalue weighted by molar-refractivity contribution is 6.26. The van der Waals surface area contributed by atoms with Crippen molar-refractivity contribution in [3.63, 3.8) is 0 Å². The van der Waals surface area contributed by atoms with E-state index in [0.717, 1.165) is 5.57 Å². The molecule has 0 atom stereocenters. The summed E-state index contributed by atoms with van der Waals surface area (Å²) >= 11 is 0. The molecule has 1 aliphatic carbocycles. The first-order valence-corrected chi connectivity index (χ1v) is 5.75. The highest BCUT2D eigenvalue weighted by Gasteiger charge is 2.41. The number of ether oxygens (including phenoxy) is 1. The van der Waals surface area contributed by atoms with E-state index in [1.165, 1.54) is 6.26 Å². The molecule has 0 aromatic carbocycles. The summed E-state index contributed by atoms with van der Waals surface area (Å²) in [6.45, 7) is 5.55. The van der Waals surface area contributed by atoms with Crippen LogP contribution in [0.4, 0.5) is 0 Å². The Morgan fingerprint density at radius 1 is 1.22 bits per heavy atom. The molecule has 2 aliphatic rings. The third-order valence-corrected chi connectivity index (χ3v) is 3.28. The molecular weight excluding hydrogens is 232 g/mol. The zero-order valence-electron chi connectivity index (χ0n) is 10.4. The minimum absolute atomic E-state index is 0.103. The summed E-state index contributed by atoms with van der Waals surface area (Å²) < 4.78 is 10.7. The second kappa shape index (κ2) is 3.45. The van der Waals surface area contributed by atoms with Crippen molar-refractivity contribution in [2.75, 3.05) is 0 Å². The lowest BCUT2D eigenvalue weighted by atomic mass is 9.90. The molecule has 1 aromatic rings. The SMILES string of the molecule is CC(C)=C1CC2=C(O1)C(=O)c1occ(C)c1C2=O. The molecule has 0 fully saturated rings. The van der Waals surface area contributed by atoms with Gasteiger partial charge in [0.2, 0.25) is 0 Å². The van der Waals surface area contributed by atoms with E-state index in [1.807, 2.05) is 13.8 Å². The number of carbonyl (C=O) groups is 2. The minimum Gasteiger partial charge on any atom is -0.460 e.